The fourth-order valence-corrected chi connectivity index (χ4v) is 5.09. The van der Waals surface area contributed by atoms with Crippen LogP contribution in [0.25, 0.3) is 11.1 Å². The molecule has 0 spiro atoms. The van der Waals surface area contributed by atoms with Crippen molar-refractivity contribution in [3.63, 3.8) is 0 Å². The average molecular weight is 455 g/mol. The van der Waals surface area contributed by atoms with Crippen LogP contribution in [0.4, 0.5) is 5.69 Å². The number of amides is 2. The van der Waals surface area contributed by atoms with Gasteiger partial charge < -0.3 is 16.0 Å². The first kappa shape index (κ1) is 22.3. The number of rotatable bonds is 2. The number of hydrogen-bond acceptors (Lipinski definition) is 4. The Balaban J connectivity index is 1.55. The van der Waals surface area contributed by atoms with Crippen molar-refractivity contribution in [3.8, 4) is 11.1 Å². The van der Waals surface area contributed by atoms with Gasteiger partial charge in [0, 0.05) is 42.5 Å². The van der Waals surface area contributed by atoms with Crippen LogP contribution < -0.4 is 11.1 Å². The van der Waals surface area contributed by atoms with Crippen molar-refractivity contribution in [1.82, 2.24) is 9.88 Å². The number of aromatic nitrogens is 1. The number of anilines is 1. The van der Waals surface area contributed by atoms with Gasteiger partial charge in [-0.2, -0.15) is 0 Å². The summed E-state index contributed by atoms with van der Waals surface area (Å²) in [6.07, 6.45) is 5.45. The zero-order valence-corrected chi connectivity index (χ0v) is 19.5. The maximum absolute atomic E-state index is 13.6. The summed E-state index contributed by atoms with van der Waals surface area (Å²) in [4.78, 5) is 32.9. The number of hydrogen-bond donors (Lipinski definition) is 2. The fourth-order valence-electron chi connectivity index (χ4n) is 5.09. The van der Waals surface area contributed by atoms with E-state index in [0.29, 0.717) is 19.5 Å². The summed E-state index contributed by atoms with van der Waals surface area (Å²) in [7, 11) is 0. The minimum atomic E-state index is -0.134. The Kier molecular flexibility index (Phi) is 6.16. The Labute approximate surface area is 200 Å². The first-order chi connectivity index (χ1) is 16.5. The van der Waals surface area contributed by atoms with Crippen LogP contribution in [0.1, 0.15) is 64.5 Å². The number of fused-ring (bicyclic) bond motifs is 5. The molecule has 0 fully saturated rings. The summed E-state index contributed by atoms with van der Waals surface area (Å²) in [5, 5.41) is 3.08. The molecule has 0 saturated carbocycles. The summed E-state index contributed by atoms with van der Waals surface area (Å²) in [5.41, 5.74) is 13.5. The Morgan fingerprint density at radius 1 is 1.03 bits per heavy atom. The van der Waals surface area contributed by atoms with Crippen LogP contribution in [0.15, 0.2) is 54.7 Å². The lowest BCUT2D eigenvalue weighted by molar-refractivity contribution is -0.116. The molecule has 2 amide bonds. The van der Waals surface area contributed by atoms with Gasteiger partial charge in [0.15, 0.2) is 0 Å². The summed E-state index contributed by atoms with van der Waals surface area (Å²) >= 11 is 0. The highest BCUT2D eigenvalue weighted by Crippen LogP contribution is 2.35. The number of carbonyl (C=O) groups excluding carboxylic acids is 2. The van der Waals surface area contributed by atoms with Gasteiger partial charge in [-0.25, -0.2) is 0 Å². The second kappa shape index (κ2) is 9.39. The number of pyridine rings is 1. The fraction of sp³-hybridized carbons (Fsp3) is 0.321. The molecule has 3 heterocycles. The molecular weight excluding hydrogens is 424 g/mol. The highest BCUT2D eigenvalue weighted by molar-refractivity contribution is 5.97. The average Bonchev–Trinajstić information content (AvgIpc) is 2.85. The molecule has 34 heavy (non-hydrogen) atoms. The molecule has 174 valence electrons. The molecule has 3 N–H and O–H groups in total. The number of nitrogens with one attached hydrogen (secondary N) is 1. The number of aryl methyl sites for hydroxylation is 1. The standard InChI is InChI=1S/C28H30N4O2/c1-18-6-9-24-23(14-18)20-10-12-30-25(16-20)26(4-2-3-5-27(33)31-24)32-13-11-21-15-19(17-29)7-8-22(21)28(32)34/h6-10,12,14-16,26H,2-5,11,13,17,29H2,1H3,(H,31,33)/t26-/m0/s1. The molecule has 2 bridgehead atoms. The van der Waals surface area contributed by atoms with Gasteiger partial charge in [0.05, 0.1) is 11.7 Å². The van der Waals surface area contributed by atoms with Crippen molar-refractivity contribution in [1.29, 1.82) is 0 Å². The van der Waals surface area contributed by atoms with Gasteiger partial charge in [0.25, 0.3) is 5.91 Å². The number of nitrogens with two attached hydrogens (primary N) is 1. The minimum absolute atomic E-state index is 0.0233. The number of carbonyl (C=O) groups is 2. The molecule has 3 aromatic rings. The Hall–Kier alpha value is -3.51. The van der Waals surface area contributed by atoms with Crippen molar-refractivity contribution >= 4 is 17.5 Å². The van der Waals surface area contributed by atoms with Crippen LogP contribution in [-0.4, -0.2) is 28.2 Å². The third-order valence-electron chi connectivity index (χ3n) is 6.91. The van der Waals surface area contributed by atoms with E-state index in [9.17, 15) is 9.59 Å². The molecule has 6 nitrogen and oxygen atoms in total. The molecule has 1 atom stereocenters. The third kappa shape index (κ3) is 4.33. The predicted octanol–water partition coefficient (Wildman–Crippen LogP) is 4.77. The van der Waals surface area contributed by atoms with E-state index in [1.807, 2.05) is 48.4 Å². The van der Waals surface area contributed by atoms with E-state index in [2.05, 4.69) is 23.5 Å². The highest BCUT2D eigenvalue weighted by atomic mass is 16.2. The van der Waals surface area contributed by atoms with Gasteiger partial charge in [-0.15, -0.1) is 0 Å². The third-order valence-corrected chi connectivity index (χ3v) is 6.91. The Morgan fingerprint density at radius 3 is 2.76 bits per heavy atom. The molecule has 2 aliphatic rings. The molecule has 1 aromatic heterocycles. The first-order valence-electron chi connectivity index (χ1n) is 12.0. The topological polar surface area (TPSA) is 88.3 Å². The molecule has 0 radical (unpaired) electrons. The lowest BCUT2D eigenvalue weighted by Gasteiger charge is -2.36. The second-order valence-corrected chi connectivity index (χ2v) is 9.27. The molecule has 0 saturated heterocycles. The SMILES string of the molecule is Cc1ccc2c(c1)-c1ccnc(c1)[C@@H](N1CCc3cc(CN)ccc3C1=O)CCCCC(=O)N2. The van der Waals surface area contributed by atoms with Crippen LogP contribution in [-0.2, 0) is 17.8 Å². The van der Waals surface area contributed by atoms with E-state index in [4.69, 9.17) is 10.7 Å². The maximum Gasteiger partial charge on any atom is 0.254 e. The highest BCUT2D eigenvalue weighted by Gasteiger charge is 2.32. The molecule has 6 heteroatoms. The Morgan fingerprint density at radius 2 is 1.91 bits per heavy atom. The molecule has 2 aliphatic heterocycles. The van der Waals surface area contributed by atoms with Gasteiger partial charge in [0.2, 0.25) is 5.91 Å². The summed E-state index contributed by atoms with van der Waals surface area (Å²) < 4.78 is 0. The molecule has 5 rings (SSSR count). The normalized spacial score (nSPS) is 18.3. The number of benzene rings is 2. The lowest BCUT2D eigenvalue weighted by atomic mass is 9.92. The quantitative estimate of drug-likeness (QED) is 0.584. The lowest BCUT2D eigenvalue weighted by Crippen LogP contribution is -2.40. The second-order valence-electron chi connectivity index (χ2n) is 9.27. The van der Waals surface area contributed by atoms with Gasteiger partial charge in [-0.1, -0.05) is 30.2 Å². The zero-order valence-electron chi connectivity index (χ0n) is 19.5. The minimum Gasteiger partial charge on any atom is -0.330 e. The van der Waals surface area contributed by atoms with Crippen molar-refractivity contribution in [3.05, 3.63) is 82.7 Å². The van der Waals surface area contributed by atoms with Crippen molar-refractivity contribution in [2.24, 2.45) is 5.73 Å². The van der Waals surface area contributed by atoms with E-state index >= 15 is 0 Å². The van der Waals surface area contributed by atoms with Gasteiger partial charge >= 0.3 is 0 Å². The smallest absolute Gasteiger partial charge is 0.254 e. The predicted molar refractivity (Wildman–Crippen MR) is 133 cm³/mol. The van der Waals surface area contributed by atoms with Crippen LogP contribution in [0.5, 0.6) is 0 Å². The van der Waals surface area contributed by atoms with Gasteiger partial charge in [-0.05, 0) is 73.2 Å². The van der Waals surface area contributed by atoms with Gasteiger partial charge in [-0.3, -0.25) is 14.6 Å². The van der Waals surface area contributed by atoms with Crippen LogP contribution in [0, 0.1) is 6.92 Å². The number of nitrogens with zero attached hydrogens (tertiary/aromatic N) is 2. The summed E-state index contributed by atoms with van der Waals surface area (Å²) in [6, 6.07) is 15.9. The first-order valence-corrected chi connectivity index (χ1v) is 12.0. The molecule has 0 unspecified atom stereocenters. The van der Waals surface area contributed by atoms with Gasteiger partial charge in [0.1, 0.15) is 0 Å². The van der Waals surface area contributed by atoms with Crippen LogP contribution >= 0.6 is 0 Å². The van der Waals surface area contributed by atoms with E-state index in [0.717, 1.165) is 70.4 Å². The maximum atomic E-state index is 13.6. The Bertz CT molecular complexity index is 1250. The van der Waals surface area contributed by atoms with Crippen LogP contribution in [0.2, 0.25) is 0 Å². The van der Waals surface area contributed by atoms with Crippen molar-refractivity contribution in [2.45, 2.75) is 51.6 Å². The van der Waals surface area contributed by atoms with E-state index in [1.54, 1.807) is 0 Å². The summed E-state index contributed by atoms with van der Waals surface area (Å²) in [5.74, 6) is 0.0679. The van der Waals surface area contributed by atoms with E-state index in [1.165, 1.54) is 0 Å². The molecule has 0 aliphatic carbocycles. The largest absolute Gasteiger partial charge is 0.330 e. The monoisotopic (exact) mass is 454 g/mol. The molecule has 2 aromatic carbocycles. The van der Waals surface area contributed by atoms with Crippen molar-refractivity contribution < 1.29 is 9.59 Å². The molecular formula is C28H30N4O2. The van der Waals surface area contributed by atoms with Crippen LogP contribution in [0.3, 0.4) is 0 Å². The van der Waals surface area contributed by atoms with Crippen molar-refractivity contribution in [2.75, 3.05) is 11.9 Å². The zero-order chi connectivity index (χ0) is 23.7. The summed E-state index contributed by atoms with van der Waals surface area (Å²) in [6.45, 7) is 3.16. The van der Waals surface area contributed by atoms with E-state index in [-0.39, 0.29) is 17.9 Å². The van der Waals surface area contributed by atoms with E-state index < -0.39 is 0 Å².